The fourth-order valence-corrected chi connectivity index (χ4v) is 1.75. The Morgan fingerprint density at radius 2 is 2.27 bits per heavy atom. The molecule has 0 N–H and O–H groups in total. The summed E-state index contributed by atoms with van der Waals surface area (Å²) in [6.07, 6.45) is 3.74. The summed E-state index contributed by atoms with van der Waals surface area (Å²) in [5.41, 5.74) is 1.17. The van der Waals surface area contributed by atoms with Gasteiger partial charge in [-0.15, -0.1) is 0 Å². The van der Waals surface area contributed by atoms with Crippen LogP contribution in [0, 0.1) is 11.8 Å². The number of ether oxygens (including phenoxy) is 1. The highest BCUT2D eigenvalue weighted by Gasteiger charge is 2.43. The first kappa shape index (κ1) is 6.65. The van der Waals surface area contributed by atoms with Gasteiger partial charge in [-0.2, -0.15) is 0 Å². The number of methoxy groups -OCH3 is 1. The lowest BCUT2D eigenvalue weighted by molar-refractivity contribution is -0.118. The lowest BCUT2D eigenvalue weighted by Gasteiger charge is -2.28. The van der Waals surface area contributed by atoms with Gasteiger partial charge in [-0.1, -0.05) is 5.57 Å². The number of fused-ring (bicyclic) bond motifs is 1. The zero-order valence-corrected chi connectivity index (χ0v) is 6.63. The predicted molar refractivity (Wildman–Crippen MR) is 40.8 cm³/mol. The summed E-state index contributed by atoms with van der Waals surface area (Å²) in [5.74, 6) is 1.41. The van der Waals surface area contributed by atoms with Crippen LogP contribution in [-0.2, 0) is 9.53 Å². The molecule has 2 heteroatoms. The van der Waals surface area contributed by atoms with Crippen molar-refractivity contribution in [1.82, 2.24) is 0 Å². The molecule has 2 atom stereocenters. The van der Waals surface area contributed by atoms with Crippen LogP contribution in [0.2, 0.25) is 0 Å². The van der Waals surface area contributed by atoms with Gasteiger partial charge in [0.1, 0.15) is 5.76 Å². The van der Waals surface area contributed by atoms with Crippen molar-refractivity contribution in [2.24, 2.45) is 11.8 Å². The number of carbonyl (C=O) groups is 1. The van der Waals surface area contributed by atoms with Gasteiger partial charge < -0.3 is 4.74 Å². The molecule has 0 bridgehead atoms. The van der Waals surface area contributed by atoms with E-state index in [-0.39, 0.29) is 11.7 Å². The summed E-state index contributed by atoms with van der Waals surface area (Å²) >= 11 is 0. The van der Waals surface area contributed by atoms with E-state index < -0.39 is 0 Å². The third-order valence-electron chi connectivity index (χ3n) is 2.45. The molecule has 0 aromatic carbocycles. The highest BCUT2D eigenvalue weighted by Crippen LogP contribution is 2.43. The Labute approximate surface area is 65.5 Å². The summed E-state index contributed by atoms with van der Waals surface area (Å²) in [4.78, 5) is 11.2. The average molecular weight is 150 g/mol. The van der Waals surface area contributed by atoms with E-state index in [0.29, 0.717) is 5.92 Å². The van der Waals surface area contributed by atoms with Crippen LogP contribution in [0.3, 0.4) is 0 Å². The van der Waals surface area contributed by atoms with Gasteiger partial charge in [-0.25, -0.2) is 0 Å². The highest BCUT2D eigenvalue weighted by atomic mass is 16.5. The first-order valence-electron chi connectivity index (χ1n) is 3.72. The van der Waals surface area contributed by atoms with Crippen LogP contribution in [0.4, 0.5) is 0 Å². The lowest BCUT2D eigenvalue weighted by atomic mass is 9.79. The normalized spacial score (nSPS) is 33.8. The molecule has 0 fully saturated rings. The number of rotatable bonds is 1. The van der Waals surface area contributed by atoms with Gasteiger partial charge in [0, 0.05) is 5.92 Å². The molecule has 0 heterocycles. The Morgan fingerprint density at radius 1 is 1.55 bits per heavy atom. The van der Waals surface area contributed by atoms with E-state index in [1.54, 1.807) is 13.2 Å². The van der Waals surface area contributed by atoms with Crippen molar-refractivity contribution >= 4 is 5.78 Å². The second-order valence-electron chi connectivity index (χ2n) is 3.07. The molecule has 58 valence electrons. The van der Waals surface area contributed by atoms with Crippen LogP contribution in [-0.4, -0.2) is 12.9 Å². The number of hydrogen-bond donors (Lipinski definition) is 0. The molecule has 2 rings (SSSR count). The number of carbonyl (C=O) groups excluding carboxylic acids is 1. The first-order chi connectivity index (χ1) is 5.24. The molecule has 0 radical (unpaired) electrons. The van der Waals surface area contributed by atoms with Crippen molar-refractivity contribution in [3.8, 4) is 0 Å². The molecule has 0 spiro atoms. The molecule has 0 amide bonds. The first-order valence-corrected chi connectivity index (χ1v) is 3.72. The molecular formula is C9H10O2. The van der Waals surface area contributed by atoms with Crippen molar-refractivity contribution in [1.29, 1.82) is 0 Å². The lowest BCUT2D eigenvalue weighted by Crippen LogP contribution is -2.27. The van der Waals surface area contributed by atoms with E-state index in [9.17, 15) is 4.79 Å². The molecule has 2 aliphatic rings. The molecule has 0 saturated heterocycles. The number of hydrogen-bond acceptors (Lipinski definition) is 2. The molecule has 0 aromatic rings. The predicted octanol–water partition coefficient (Wildman–Crippen LogP) is 1.29. The number of ketones is 1. The molecule has 2 nitrogen and oxygen atoms in total. The van der Waals surface area contributed by atoms with Gasteiger partial charge in [-0.05, 0) is 19.1 Å². The summed E-state index contributed by atoms with van der Waals surface area (Å²) in [7, 11) is 1.61. The van der Waals surface area contributed by atoms with Gasteiger partial charge in [0.05, 0.1) is 13.0 Å². The van der Waals surface area contributed by atoms with E-state index in [1.165, 1.54) is 5.57 Å². The summed E-state index contributed by atoms with van der Waals surface area (Å²) in [5, 5.41) is 0. The zero-order chi connectivity index (χ0) is 8.01. The van der Waals surface area contributed by atoms with E-state index in [2.05, 4.69) is 0 Å². The van der Waals surface area contributed by atoms with Crippen molar-refractivity contribution in [3.63, 3.8) is 0 Å². The zero-order valence-electron chi connectivity index (χ0n) is 6.63. The van der Waals surface area contributed by atoms with Crippen LogP contribution < -0.4 is 0 Å². The topological polar surface area (TPSA) is 26.3 Å². The van der Waals surface area contributed by atoms with Gasteiger partial charge in [0.2, 0.25) is 0 Å². The van der Waals surface area contributed by atoms with Crippen LogP contribution in [0.1, 0.15) is 6.92 Å². The van der Waals surface area contributed by atoms with E-state index >= 15 is 0 Å². The Hall–Kier alpha value is -1.05. The van der Waals surface area contributed by atoms with Crippen LogP contribution in [0.15, 0.2) is 23.5 Å². The second kappa shape index (κ2) is 1.97. The minimum Gasteiger partial charge on any atom is -0.501 e. The van der Waals surface area contributed by atoms with Crippen molar-refractivity contribution in [2.75, 3.05) is 7.11 Å². The van der Waals surface area contributed by atoms with Crippen LogP contribution in [0.5, 0.6) is 0 Å². The third kappa shape index (κ3) is 0.694. The van der Waals surface area contributed by atoms with Gasteiger partial charge in [0.15, 0.2) is 5.78 Å². The van der Waals surface area contributed by atoms with E-state index in [1.807, 2.05) is 13.0 Å². The summed E-state index contributed by atoms with van der Waals surface area (Å²) in [6.45, 7) is 1.99. The van der Waals surface area contributed by atoms with Gasteiger partial charge >= 0.3 is 0 Å². The molecule has 0 aromatic heterocycles. The van der Waals surface area contributed by atoms with Crippen molar-refractivity contribution in [2.45, 2.75) is 6.92 Å². The average Bonchev–Trinajstić information content (AvgIpc) is 2.03. The van der Waals surface area contributed by atoms with E-state index in [0.717, 1.165) is 5.76 Å². The second-order valence-corrected chi connectivity index (χ2v) is 3.07. The van der Waals surface area contributed by atoms with Crippen molar-refractivity contribution < 1.29 is 9.53 Å². The van der Waals surface area contributed by atoms with Crippen LogP contribution in [0.25, 0.3) is 0 Å². The third-order valence-corrected chi connectivity index (χ3v) is 2.45. The Kier molecular flexibility index (Phi) is 1.19. The Balaban J connectivity index is 2.28. The maximum Gasteiger partial charge on any atom is 0.167 e. The quantitative estimate of drug-likeness (QED) is 0.563. The fraction of sp³-hybridized carbons (Fsp3) is 0.444. The number of allylic oxidation sites excluding steroid dienone is 4. The summed E-state index contributed by atoms with van der Waals surface area (Å²) in [6, 6.07) is 0. The Bertz CT molecular complexity index is 273. The smallest absolute Gasteiger partial charge is 0.167 e. The molecule has 0 aliphatic heterocycles. The maximum atomic E-state index is 11.2. The van der Waals surface area contributed by atoms with Crippen molar-refractivity contribution in [3.05, 3.63) is 23.5 Å². The van der Waals surface area contributed by atoms with Gasteiger partial charge in [0.25, 0.3) is 0 Å². The maximum absolute atomic E-state index is 11.2. The Morgan fingerprint density at radius 3 is 2.82 bits per heavy atom. The summed E-state index contributed by atoms with van der Waals surface area (Å²) < 4.78 is 5.03. The monoisotopic (exact) mass is 150 g/mol. The minimum atomic E-state index is 0.0278. The molecule has 0 saturated carbocycles. The minimum absolute atomic E-state index is 0.0278. The fourth-order valence-electron chi connectivity index (χ4n) is 1.75. The van der Waals surface area contributed by atoms with E-state index in [4.69, 9.17) is 4.74 Å². The standard InChI is InChI=1S/C9H10O2/c1-5-3-7(10)9-6(5)4-8(9)11-2/h3-4,6,9H,1-2H3. The highest BCUT2D eigenvalue weighted by molar-refractivity contribution is 5.99. The van der Waals surface area contributed by atoms with Gasteiger partial charge in [-0.3, -0.25) is 4.79 Å². The molecule has 11 heavy (non-hydrogen) atoms. The molecule has 2 aliphatic carbocycles. The SMILES string of the molecule is COC1=CC2C(C)=CC(=O)C12. The van der Waals surface area contributed by atoms with Crippen LogP contribution >= 0.6 is 0 Å². The molecule has 2 unspecified atom stereocenters. The molecular weight excluding hydrogens is 140 g/mol. The largest absolute Gasteiger partial charge is 0.501 e.